The summed E-state index contributed by atoms with van der Waals surface area (Å²) in [6.45, 7) is 0. The third-order valence-corrected chi connectivity index (χ3v) is 8.64. The lowest BCUT2D eigenvalue weighted by atomic mass is 9.88. The van der Waals surface area contributed by atoms with Gasteiger partial charge in [-0.25, -0.2) is 9.69 Å². The van der Waals surface area contributed by atoms with Gasteiger partial charge in [0, 0.05) is 15.7 Å². The second-order valence-electron chi connectivity index (χ2n) is 10.6. The molecule has 0 spiro atoms. The summed E-state index contributed by atoms with van der Waals surface area (Å²) in [7, 11) is 0. The highest BCUT2D eigenvalue weighted by Gasteiger charge is 2.65. The minimum absolute atomic E-state index is 0.280. The number of para-hydroxylation sites is 1. The summed E-state index contributed by atoms with van der Waals surface area (Å²) >= 11 is 12.5. The van der Waals surface area contributed by atoms with E-state index in [1.165, 1.54) is 18.2 Å². The van der Waals surface area contributed by atoms with E-state index >= 15 is 0 Å². The van der Waals surface area contributed by atoms with Crippen molar-refractivity contribution in [3.8, 4) is 0 Å². The van der Waals surface area contributed by atoms with Crippen molar-refractivity contribution in [2.24, 2.45) is 11.8 Å². The predicted octanol–water partition coefficient (Wildman–Crippen LogP) is 6.72. The lowest BCUT2D eigenvalue weighted by Crippen LogP contribution is -2.49. The van der Waals surface area contributed by atoms with Crippen molar-refractivity contribution in [1.82, 2.24) is 0 Å². The number of anilines is 2. The lowest BCUT2D eigenvalue weighted by Gasteiger charge is -2.36. The van der Waals surface area contributed by atoms with E-state index in [0.717, 1.165) is 27.3 Å². The van der Waals surface area contributed by atoms with Gasteiger partial charge >= 0.3 is 5.97 Å². The Balaban J connectivity index is 1.32. The number of carbonyl (C=O) groups is 3. The van der Waals surface area contributed by atoms with Crippen LogP contribution < -0.4 is 9.80 Å². The molecule has 3 aliphatic heterocycles. The van der Waals surface area contributed by atoms with Crippen molar-refractivity contribution in [2.75, 3.05) is 9.80 Å². The molecule has 0 unspecified atom stereocenters. The fraction of sp³-hybridized carbons (Fsp3) is 0.147. The van der Waals surface area contributed by atoms with Crippen LogP contribution in [0.4, 0.5) is 11.4 Å². The number of rotatable bonds is 5. The van der Waals surface area contributed by atoms with Crippen LogP contribution in [0.1, 0.15) is 22.8 Å². The van der Waals surface area contributed by atoms with Gasteiger partial charge in [-0.3, -0.25) is 9.59 Å². The molecule has 4 atom stereocenters. The average molecular weight is 595 g/mol. The molecule has 2 saturated heterocycles. The smallest absolute Gasteiger partial charge is 0.330 e. The molecule has 0 aliphatic carbocycles. The first-order chi connectivity index (χ1) is 20.4. The monoisotopic (exact) mass is 594 g/mol. The van der Waals surface area contributed by atoms with Crippen LogP contribution in [0.3, 0.4) is 0 Å². The van der Waals surface area contributed by atoms with Gasteiger partial charge in [0.2, 0.25) is 11.8 Å². The summed E-state index contributed by atoms with van der Waals surface area (Å²) in [5.41, 5.74) is 3.54. The Morgan fingerprint density at radius 1 is 0.738 bits per heavy atom. The van der Waals surface area contributed by atoms with Gasteiger partial charge in [0.1, 0.15) is 6.04 Å². The Morgan fingerprint density at radius 2 is 1.31 bits per heavy atom. The molecule has 208 valence electrons. The molecule has 4 aromatic rings. The first-order valence-electron chi connectivity index (χ1n) is 13.6. The summed E-state index contributed by atoms with van der Waals surface area (Å²) in [6.07, 6.45) is 3.14. The second-order valence-corrected chi connectivity index (χ2v) is 11.5. The molecule has 0 aromatic heterocycles. The molecule has 0 saturated carbocycles. The lowest BCUT2D eigenvalue weighted by molar-refractivity contribution is -0.151. The maximum Gasteiger partial charge on any atom is 0.330 e. The fourth-order valence-corrected chi connectivity index (χ4v) is 6.99. The summed E-state index contributed by atoms with van der Waals surface area (Å²) in [5, 5.41) is 0.598. The van der Waals surface area contributed by atoms with Crippen molar-refractivity contribution in [3.63, 3.8) is 0 Å². The van der Waals surface area contributed by atoms with E-state index < -0.39 is 47.8 Å². The maximum atomic E-state index is 14.4. The standard InChI is InChI=1S/C34H24Cl2N2O4/c35-23-17-24(36)19-25(18-23)37-32(39)28-27-16-15-20-9-7-8-14-26(20)38(27)30(29(28)33(37)40)34(41)42-31(21-10-3-1-4-11-21)22-12-5-2-6-13-22/h1-19,27-31H/t27-,28-,29-,30+/m0/s1. The quantitative estimate of drug-likeness (QED) is 0.190. The number of carbonyl (C=O) groups excluding carboxylic acids is 3. The molecule has 2 fully saturated rings. The molecule has 3 heterocycles. The highest BCUT2D eigenvalue weighted by atomic mass is 35.5. The number of fused-ring (bicyclic) bond motifs is 5. The zero-order valence-corrected chi connectivity index (χ0v) is 23.7. The highest BCUT2D eigenvalue weighted by molar-refractivity contribution is 6.36. The Bertz CT molecular complexity index is 1680. The maximum absolute atomic E-state index is 14.4. The fourth-order valence-electron chi connectivity index (χ4n) is 6.48. The molecular formula is C34H24Cl2N2O4. The molecule has 7 rings (SSSR count). The van der Waals surface area contributed by atoms with Crippen molar-refractivity contribution in [2.45, 2.75) is 18.2 Å². The Hall–Kier alpha value is -4.39. The van der Waals surface area contributed by atoms with Crippen molar-refractivity contribution in [3.05, 3.63) is 136 Å². The van der Waals surface area contributed by atoms with Gasteiger partial charge in [0.05, 0.1) is 23.6 Å². The zero-order valence-electron chi connectivity index (χ0n) is 22.1. The summed E-state index contributed by atoms with van der Waals surface area (Å²) in [4.78, 5) is 45.6. The van der Waals surface area contributed by atoms with Crippen LogP contribution in [0.2, 0.25) is 10.0 Å². The molecule has 0 bridgehead atoms. The van der Waals surface area contributed by atoms with Crippen LogP contribution in [0.5, 0.6) is 0 Å². The summed E-state index contributed by atoms with van der Waals surface area (Å²) < 4.78 is 6.31. The van der Waals surface area contributed by atoms with Gasteiger partial charge in [-0.15, -0.1) is 0 Å². The number of hydrogen-bond donors (Lipinski definition) is 0. The number of benzene rings is 4. The van der Waals surface area contributed by atoms with Gasteiger partial charge < -0.3 is 9.64 Å². The van der Waals surface area contributed by atoms with E-state index in [2.05, 4.69) is 0 Å². The number of amides is 2. The van der Waals surface area contributed by atoms with Crippen LogP contribution in [0.15, 0.2) is 109 Å². The van der Waals surface area contributed by atoms with Gasteiger partial charge in [-0.05, 0) is 41.0 Å². The molecule has 4 aromatic carbocycles. The Labute approximate surface area is 252 Å². The van der Waals surface area contributed by atoms with E-state index in [9.17, 15) is 14.4 Å². The van der Waals surface area contributed by atoms with Gasteiger partial charge in [-0.1, -0.05) is 114 Å². The van der Waals surface area contributed by atoms with E-state index in [4.69, 9.17) is 27.9 Å². The molecule has 42 heavy (non-hydrogen) atoms. The van der Waals surface area contributed by atoms with E-state index in [0.29, 0.717) is 10.0 Å². The summed E-state index contributed by atoms with van der Waals surface area (Å²) in [5.74, 6) is -3.25. The number of imide groups is 1. The molecule has 0 N–H and O–H groups in total. The molecule has 6 nitrogen and oxygen atoms in total. The van der Waals surface area contributed by atoms with Crippen molar-refractivity contribution >= 4 is 58.4 Å². The van der Waals surface area contributed by atoms with Gasteiger partial charge in [-0.2, -0.15) is 0 Å². The van der Waals surface area contributed by atoms with Crippen LogP contribution in [0.25, 0.3) is 6.08 Å². The van der Waals surface area contributed by atoms with Crippen molar-refractivity contribution in [1.29, 1.82) is 0 Å². The Kier molecular flexibility index (Phi) is 6.60. The topological polar surface area (TPSA) is 66.9 Å². The number of ether oxygens (including phenoxy) is 1. The van der Waals surface area contributed by atoms with E-state index in [-0.39, 0.29) is 5.69 Å². The third-order valence-electron chi connectivity index (χ3n) is 8.20. The van der Waals surface area contributed by atoms with E-state index in [1.54, 1.807) is 0 Å². The minimum atomic E-state index is -1.04. The largest absolute Gasteiger partial charge is 0.451 e. The highest BCUT2D eigenvalue weighted by Crippen LogP contribution is 2.50. The van der Waals surface area contributed by atoms with Crippen LogP contribution >= 0.6 is 23.2 Å². The third kappa shape index (κ3) is 4.30. The van der Waals surface area contributed by atoms with Crippen LogP contribution in [0, 0.1) is 11.8 Å². The van der Waals surface area contributed by atoms with Crippen molar-refractivity contribution < 1.29 is 19.1 Å². The molecule has 3 aliphatic rings. The number of nitrogens with zero attached hydrogens (tertiary/aromatic N) is 2. The molecular weight excluding hydrogens is 571 g/mol. The predicted molar refractivity (Wildman–Crippen MR) is 162 cm³/mol. The average Bonchev–Trinajstić information content (AvgIpc) is 3.48. The normalized spacial score (nSPS) is 22.3. The molecule has 0 radical (unpaired) electrons. The summed E-state index contributed by atoms with van der Waals surface area (Å²) in [6, 6.07) is 29.6. The molecule has 8 heteroatoms. The molecule has 2 amide bonds. The number of halogens is 2. The number of esters is 1. The first-order valence-corrected chi connectivity index (χ1v) is 14.4. The van der Waals surface area contributed by atoms with Gasteiger partial charge in [0.25, 0.3) is 0 Å². The van der Waals surface area contributed by atoms with Gasteiger partial charge in [0.15, 0.2) is 6.10 Å². The van der Waals surface area contributed by atoms with Crippen LogP contribution in [-0.4, -0.2) is 29.9 Å². The zero-order chi connectivity index (χ0) is 29.0. The second kappa shape index (κ2) is 10.5. The number of hydrogen-bond acceptors (Lipinski definition) is 5. The SMILES string of the molecule is O=C(OC(c1ccccc1)c1ccccc1)[C@H]1[C@H]2C(=O)N(c3cc(Cl)cc(Cl)c3)C(=O)[C@H]2[C@@H]2C=Cc3ccccc3N21. The first kappa shape index (κ1) is 26.5. The minimum Gasteiger partial charge on any atom is -0.451 e. The van der Waals surface area contributed by atoms with E-state index in [1.807, 2.05) is 102 Å². The van der Waals surface area contributed by atoms with Crippen LogP contribution in [-0.2, 0) is 19.1 Å². The Morgan fingerprint density at radius 3 is 1.95 bits per heavy atom.